The average molecular weight is 373 g/mol. The van der Waals surface area contributed by atoms with Crippen molar-refractivity contribution in [2.45, 2.75) is 111 Å². The van der Waals surface area contributed by atoms with Crippen LogP contribution in [0.4, 0.5) is 0 Å². The fourth-order valence-electron chi connectivity index (χ4n) is 6.71. The van der Waals surface area contributed by atoms with Crippen LogP contribution in [0.15, 0.2) is 23.3 Å². The van der Waals surface area contributed by atoms with Gasteiger partial charge in [-0.2, -0.15) is 0 Å². The molecule has 27 heavy (non-hydrogen) atoms. The molecule has 0 spiro atoms. The number of hydrogen-bond acceptors (Lipinski definition) is 1. The third-order valence-electron chi connectivity index (χ3n) is 8.23. The lowest BCUT2D eigenvalue weighted by atomic mass is 9.60. The fraction of sp³-hybridized carbons (Fsp3) is 0.846. The van der Waals surface area contributed by atoms with Gasteiger partial charge < -0.3 is 5.11 Å². The van der Waals surface area contributed by atoms with E-state index in [4.69, 9.17) is 0 Å². The minimum atomic E-state index is -0.0948. The summed E-state index contributed by atoms with van der Waals surface area (Å²) in [6.07, 6.45) is 20.2. The van der Waals surface area contributed by atoms with E-state index >= 15 is 0 Å². The molecule has 0 heterocycles. The van der Waals surface area contributed by atoms with Crippen LogP contribution in [0.3, 0.4) is 0 Å². The molecular formula is C26H44O. The standard InChI is InChI=1S/C26H44O/c1-19(2)8-5-9-20(3)24-15-16-25-22(11-7-17-26(24,25)4)14-13-21-10-6-12-23(27)18-21/h13-14,19-20,23-25,27H,5-12,15-18H2,1-4H3/b21-13+,22-14+/t20-,23+,24-,25+,26?/m1/s1. The van der Waals surface area contributed by atoms with Gasteiger partial charge in [0.25, 0.3) is 0 Å². The summed E-state index contributed by atoms with van der Waals surface area (Å²) in [5, 5.41) is 9.95. The zero-order valence-electron chi connectivity index (χ0n) is 18.5. The van der Waals surface area contributed by atoms with Crippen LogP contribution in [0.2, 0.25) is 0 Å². The van der Waals surface area contributed by atoms with E-state index in [-0.39, 0.29) is 6.10 Å². The van der Waals surface area contributed by atoms with Crippen LogP contribution in [0.25, 0.3) is 0 Å². The van der Waals surface area contributed by atoms with Crippen LogP contribution in [0, 0.1) is 29.1 Å². The Morgan fingerprint density at radius 3 is 2.59 bits per heavy atom. The summed E-state index contributed by atoms with van der Waals surface area (Å²) < 4.78 is 0. The van der Waals surface area contributed by atoms with Gasteiger partial charge in [-0.1, -0.05) is 70.3 Å². The van der Waals surface area contributed by atoms with Crippen LogP contribution in [0.5, 0.6) is 0 Å². The smallest absolute Gasteiger partial charge is 0.0577 e. The highest BCUT2D eigenvalue weighted by molar-refractivity contribution is 5.25. The van der Waals surface area contributed by atoms with Crippen molar-refractivity contribution in [3.63, 3.8) is 0 Å². The van der Waals surface area contributed by atoms with Crippen LogP contribution in [-0.2, 0) is 0 Å². The molecule has 5 atom stereocenters. The monoisotopic (exact) mass is 372 g/mol. The molecule has 3 fully saturated rings. The van der Waals surface area contributed by atoms with E-state index in [1.165, 1.54) is 63.4 Å². The van der Waals surface area contributed by atoms with E-state index in [1.54, 1.807) is 5.57 Å². The highest BCUT2D eigenvalue weighted by atomic mass is 16.3. The summed E-state index contributed by atoms with van der Waals surface area (Å²) in [6, 6.07) is 0. The number of fused-ring (bicyclic) bond motifs is 1. The zero-order valence-corrected chi connectivity index (χ0v) is 18.5. The van der Waals surface area contributed by atoms with E-state index in [2.05, 4.69) is 39.8 Å². The van der Waals surface area contributed by atoms with Gasteiger partial charge in [-0.25, -0.2) is 0 Å². The Hall–Kier alpha value is -0.560. The predicted molar refractivity (Wildman–Crippen MR) is 117 cm³/mol. The van der Waals surface area contributed by atoms with Crippen molar-refractivity contribution in [1.29, 1.82) is 0 Å². The van der Waals surface area contributed by atoms with Crippen LogP contribution >= 0.6 is 0 Å². The Kier molecular flexibility index (Phi) is 7.28. The summed E-state index contributed by atoms with van der Waals surface area (Å²) in [5.41, 5.74) is 3.74. The topological polar surface area (TPSA) is 20.2 Å². The predicted octanol–water partition coefficient (Wildman–Crippen LogP) is 7.45. The first kappa shape index (κ1) is 21.2. The van der Waals surface area contributed by atoms with Gasteiger partial charge in [-0.3, -0.25) is 0 Å². The first-order chi connectivity index (χ1) is 12.9. The molecule has 0 bridgehead atoms. The van der Waals surface area contributed by atoms with Gasteiger partial charge >= 0.3 is 0 Å². The van der Waals surface area contributed by atoms with Crippen LogP contribution < -0.4 is 0 Å². The maximum atomic E-state index is 9.95. The molecular weight excluding hydrogens is 328 g/mol. The molecule has 0 aliphatic heterocycles. The number of aliphatic hydroxyl groups is 1. The third kappa shape index (κ3) is 5.08. The van der Waals surface area contributed by atoms with E-state index in [1.807, 2.05) is 0 Å². The first-order valence-corrected chi connectivity index (χ1v) is 12.0. The van der Waals surface area contributed by atoms with Gasteiger partial charge in [0.05, 0.1) is 6.10 Å². The van der Waals surface area contributed by atoms with Gasteiger partial charge in [0.15, 0.2) is 0 Å². The summed E-state index contributed by atoms with van der Waals surface area (Å²) >= 11 is 0. The second-order valence-corrected chi connectivity index (χ2v) is 10.7. The first-order valence-electron chi connectivity index (χ1n) is 12.0. The quantitative estimate of drug-likeness (QED) is 0.513. The lowest BCUT2D eigenvalue weighted by molar-refractivity contribution is 0.0928. The lowest BCUT2D eigenvalue weighted by Crippen LogP contribution is -2.36. The summed E-state index contributed by atoms with van der Waals surface area (Å²) in [4.78, 5) is 0. The zero-order chi connectivity index (χ0) is 19.4. The molecule has 0 aromatic heterocycles. The Balaban J connectivity index is 1.66. The maximum absolute atomic E-state index is 9.95. The molecule has 1 nitrogen and oxygen atoms in total. The van der Waals surface area contributed by atoms with Gasteiger partial charge in [0.1, 0.15) is 0 Å². The second-order valence-electron chi connectivity index (χ2n) is 10.7. The summed E-state index contributed by atoms with van der Waals surface area (Å²) in [7, 11) is 0. The molecule has 3 saturated carbocycles. The second kappa shape index (κ2) is 9.29. The molecule has 1 unspecified atom stereocenters. The average Bonchev–Trinajstić information content (AvgIpc) is 2.97. The van der Waals surface area contributed by atoms with Gasteiger partial charge in [0, 0.05) is 0 Å². The largest absolute Gasteiger partial charge is 0.393 e. The molecule has 1 N–H and O–H groups in total. The Bertz CT molecular complexity index is 542. The molecule has 0 radical (unpaired) electrons. The SMILES string of the molecule is CC(C)CCC[C@@H](C)[C@H]1CC[C@H]2/C(=C/C=C3\CCC[C@H](O)C3)CCCC12C. The van der Waals surface area contributed by atoms with Crippen LogP contribution in [0.1, 0.15) is 105 Å². The number of rotatable bonds is 6. The number of hydrogen-bond donors (Lipinski definition) is 1. The maximum Gasteiger partial charge on any atom is 0.0577 e. The molecule has 1 heteroatoms. The van der Waals surface area contributed by atoms with Crippen molar-refractivity contribution >= 4 is 0 Å². The van der Waals surface area contributed by atoms with Crippen molar-refractivity contribution in [3.05, 3.63) is 23.3 Å². The number of aliphatic hydroxyl groups excluding tert-OH is 1. The highest BCUT2D eigenvalue weighted by Gasteiger charge is 2.50. The van der Waals surface area contributed by atoms with E-state index in [0.29, 0.717) is 5.41 Å². The molecule has 0 aromatic carbocycles. The van der Waals surface area contributed by atoms with Gasteiger partial charge in [0.2, 0.25) is 0 Å². The van der Waals surface area contributed by atoms with Crippen LogP contribution in [-0.4, -0.2) is 11.2 Å². The summed E-state index contributed by atoms with van der Waals surface area (Å²) in [5.74, 6) is 3.46. The molecule has 3 aliphatic carbocycles. The van der Waals surface area contributed by atoms with Gasteiger partial charge in [-0.15, -0.1) is 0 Å². The fourth-order valence-corrected chi connectivity index (χ4v) is 6.71. The molecule has 3 rings (SSSR count). The number of allylic oxidation sites excluding steroid dienone is 3. The van der Waals surface area contributed by atoms with E-state index in [9.17, 15) is 5.11 Å². The van der Waals surface area contributed by atoms with Gasteiger partial charge in [-0.05, 0) is 86.9 Å². The van der Waals surface area contributed by atoms with Crippen molar-refractivity contribution in [2.75, 3.05) is 0 Å². The highest BCUT2D eigenvalue weighted by Crippen LogP contribution is 2.59. The Labute approximate surface area is 168 Å². The normalized spacial score (nSPS) is 38.5. The Morgan fingerprint density at radius 1 is 1.04 bits per heavy atom. The van der Waals surface area contributed by atoms with Crippen molar-refractivity contribution < 1.29 is 5.11 Å². The third-order valence-corrected chi connectivity index (χ3v) is 8.23. The van der Waals surface area contributed by atoms with Crippen molar-refractivity contribution in [3.8, 4) is 0 Å². The molecule has 3 aliphatic rings. The van der Waals surface area contributed by atoms with Crippen molar-refractivity contribution in [1.82, 2.24) is 0 Å². The van der Waals surface area contributed by atoms with E-state index < -0.39 is 0 Å². The Morgan fingerprint density at radius 2 is 1.85 bits per heavy atom. The van der Waals surface area contributed by atoms with E-state index in [0.717, 1.165) is 42.9 Å². The summed E-state index contributed by atoms with van der Waals surface area (Å²) in [6.45, 7) is 9.88. The minimum Gasteiger partial charge on any atom is -0.393 e. The lowest BCUT2D eigenvalue weighted by Gasteiger charge is -2.44. The minimum absolute atomic E-state index is 0.0948. The molecule has 0 saturated heterocycles. The molecule has 0 aromatic rings. The molecule has 154 valence electrons. The molecule has 0 amide bonds. The van der Waals surface area contributed by atoms with Crippen molar-refractivity contribution in [2.24, 2.45) is 29.1 Å².